The zero-order valence-electron chi connectivity index (χ0n) is 15.8. The molecule has 0 saturated carbocycles. The molecule has 0 radical (unpaired) electrons. The molecule has 0 spiro atoms. The maximum absolute atomic E-state index is 12.7. The summed E-state index contributed by atoms with van der Waals surface area (Å²) >= 11 is 0. The summed E-state index contributed by atoms with van der Waals surface area (Å²) in [6, 6.07) is 0.320. The number of amides is 2. The molecule has 3 atom stereocenters. The second kappa shape index (κ2) is 9.02. The van der Waals surface area contributed by atoms with Gasteiger partial charge in [0, 0.05) is 13.0 Å². The normalized spacial score (nSPS) is 29.7. The van der Waals surface area contributed by atoms with E-state index in [4.69, 9.17) is 0 Å². The van der Waals surface area contributed by atoms with Gasteiger partial charge in [-0.15, -0.1) is 0 Å². The van der Waals surface area contributed by atoms with Gasteiger partial charge in [0.1, 0.15) is 0 Å². The summed E-state index contributed by atoms with van der Waals surface area (Å²) in [4.78, 5) is 29.4. The maximum atomic E-state index is 12.7. The fraction of sp³-hybridized carbons (Fsp3) is 0.900. The molecule has 0 unspecified atom stereocenters. The lowest BCUT2D eigenvalue weighted by Gasteiger charge is -2.28. The van der Waals surface area contributed by atoms with Crippen LogP contribution < -0.4 is 5.32 Å². The highest BCUT2D eigenvalue weighted by Gasteiger charge is 2.49. The molecule has 3 heterocycles. The van der Waals surface area contributed by atoms with Gasteiger partial charge >= 0.3 is 0 Å². The van der Waals surface area contributed by atoms with Crippen molar-refractivity contribution in [1.29, 1.82) is 0 Å². The number of carbonyl (C=O) groups excluding carboxylic acids is 2. The molecule has 142 valence electrons. The molecule has 5 heteroatoms. The average Bonchev–Trinajstić information content (AvgIpc) is 3.15. The lowest BCUT2D eigenvalue weighted by atomic mass is 9.94. The van der Waals surface area contributed by atoms with Crippen LogP contribution in [0.25, 0.3) is 0 Å². The van der Waals surface area contributed by atoms with Crippen molar-refractivity contribution in [3.63, 3.8) is 0 Å². The highest BCUT2D eigenvalue weighted by Crippen LogP contribution is 2.33. The van der Waals surface area contributed by atoms with Gasteiger partial charge in [0.05, 0.1) is 18.0 Å². The van der Waals surface area contributed by atoms with Gasteiger partial charge in [0.25, 0.3) is 0 Å². The van der Waals surface area contributed by atoms with E-state index in [0.717, 1.165) is 38.6 Å². The van der Waals surface area contributed by atoms with E-state index < -0.39 is 0 Å². The van der Waals surface area contributed by atoms with Crippen LogP contribution in [-0.2, 0) is 9.59 Å². The molecule has 3 saturated heterocycles. The lowest BCUT2D eigenvalue weighted by molar-refractivity contribution is -0.133. The highest BCUT2D eigenvalue weighted by atomic mass is 16.2. The monoisotopic (exact) mass is 349 g/mol. The van der Waals surface area contributed by atoms with Crippen molar-refractivity contribution in [3.8, 4) is 0 Å². The number of unbranched alkanes of at least 4 members (excludes halogenated alkanes) is 2. The number of fused-ring (bicyclic) bond motifs is 1. The minimum Gasteiger partial charge on any atom is -0.351 e. The Balaban J connectivity index is 1.38. The highest BCUT2D eigenvalue weighted by molar-refractivity contribution is 5.85. The van der Waals surface area contributed by atoms with Crippen molar-refractivity contribution in [1.82, 2.24) is 15.1 Å². The minimum absolute atomic E-state index is 0.0144. The summed E-state index contributed by atoms with van der Waals surface area (Å²) in [6.45, 7) is 6.65. The predicted octanol–water partition coefficient (Wildman–Crippen LogP) is 2.55. The largest absolute Gasteiger partial charge is 0.351 e. The van der Waals surface area contributed by atoms with E-state index in [-0.39, 0.29) is 29.8 Å². The molecule has 3 rings (SSSR count). The molecule has 0 bridgehead atoms. The minimum atomic E-state index is 0.0144. The molecule has 2 amide bonds. The van der Waals surface area contributed by atoms with E-state index in [1.54, 1.807) is 0 Å². The summed E-state index contributed by atoms with van der Waals surface area (Å²) in [5.41, 5.74) is 0. The van der Waals surface area contributed by atoms with E-state index in [2.05, 4.69) is 17.1 Å². The van der Waals surface area contributed by atoms with Gasteiger partial charge in [-0.05, 0) is 58.2 Å². The van der Waals surface area contributed by atoms with Crippen molar-refractivity contribution in [2.45, 2.75) is 83.2 Å². The molecule has 1 N–H and O–H groups in total. The quantitative estimate of drug-likeness (QED) is 0.685. The third-order valence-electron chi connectivity index (χ3n) is 6.26. The standard InChI is InChI=1S/C20H35N3O2/c1-2-9-16-19-17(21-20(16)25)11-15-23(19)18(24)10-5-3-6-12-22-13-7-4-8-14-22/h16-17,19H,2-15H2,1H3,(H,21,25)/t16-,17+,19-/m1/s1. The number of rotatable bonds is 8. The van der Waals surface area contributed by atoms with Gasteiger partial charge in [0.15, 0.2) is 0 Å². The van der Waals surface area contributed by atoms with Crippen LogP contribution in [0.3, 0.4) is 0 Å². The Labute approximate surface area is 152 Å². The van der Waals surface area contributed by atoms with Crippen molar-refractivity contribution in [2.75, 3.05) is 26.2 Å². The Hall–Kier alpha value is -1.10. The van der Waals surface area contributed by atoms with E-state index in [1.807, 2.05) is 4.90 Å². The van der Waals surface area contributed by atoms with Gasteiger partial charge in [-0.1, -0.05) is 26.2 Å². The second-order valence-electron chi connectivity index (χ2n) is 8.09. The Morgan fingerprint density at radius 3 is 2.68 bits per heavy atom. The van der Waals surface area contributed by atoms with E-state index in [0.29, 0.717) is 6.42 Å². The molecule has 0 aliphatic carbocycles. The first-order chi connectivity index (χ1) is 12.2. The molecule has 0 aromatic heterocycles. The number of piperidine rings is 1. The fourth-order valence-electron chi connectivity index (χ4n) is 4.93. The third kappa shape index (κ3) is 4.55. The summed E-state index contributed by atoms with van der Waals surface area (Å²) in [7, 11) is 0. The lowest BCUT2D eigenvalue weighted by Crippen LogP contribution is -2.42. The molecular weight excluding hydrogens is 314 g/mol. The summed E-state index contributed by atoms with van der Waals surface area (Å²) < 4.78 is 0. The number of nitrogens with one attached hydrogen (secondary N) is 1. The zero-order chi connectivity index (χ0) is 17.6. The number of nitrogens with zero attached hydrogens (tertiary/aromatic N) is 2. The maximum Gasteiger partial charge on any atom is 0.225 e. The van der Waals surface area contributed by atoms with Crippen LogP contribution in [0.15, 0.2) is 0 Å². The number of hydrogen-bond donors (Lipinski definition) is 1. The van der Waals surface area contributed by atoms with Gasteiger partial charge in [0.2, 0.25) is 11.8 Å². The van der Waals surface area contributed by atoms with Crippen LogP contribution >= 0.6 is 0 Å². The van der Waals surface area contributed by atoms with Crippen LogP contribution in [0.1, 0.15) is 71.1 Å². The van der Waals surface area contributed by atoms with Crippen molar-refractivity contribution < 1.29 is 9.59 Å². The van der Waals surface area contributed by atoms with Crippen LogP contribution in [0.5, 0.6) is 0 Å². The summed E-state index contributed by atoms with van der Waals surface area (Å²) in [5.74, 6) is 0.444. The third-order valence-corrected chi connectivity index (χ3v) is 6.26. The van der Waals surface area contributed by atoms with Crippen molar-refractivity contribution >= 4 is 11.8 Å². The van der Waals surface area contributed by atoms with Crippen molar-refractivity contribution in [2.24, 2.45) is 5.92 Å². The number of likely N-dealkylation sites (tertiary alicyclic amines) is 2. The van der Waals surface area contributed by atoms with Crippen LogP contribution in [0, 0.1) is 5.92 Å². The Morgan fingerprint density at radius 1 is 1.12 bits per heavy atom. The van der Waals surface area contributed by atoms with E-state index in [1.165, 1.54) is 45.3 Å². The SMILES string of the molecule is CCC[C@H]1C(=O)N[C@H]2CCN(C(=O)CCCCCN3CCCCC3)[C@@H]21. The number of carbonyl (C=O) groups is 2. The molecule has 25 heavy (non-hydrogen) atoms. The smallest absolute Gasteiger partial charge is 0.225 e. The molecular formula is C20H35N3O2. The van der Waals surface area contributed by atoms with Crippen LogP contribution in [0.2, 0.25) is 0 Å². The van der Waals surface area contributed by atoms with Crippen LogP contribution in [0.4, 0.5) is 0 Å². The zero-order valence-corrected chi connectivity index (χ0v) is 15.8. The Morgan fingerprint density at radius 2 is 1.92 bits per heavy atom. The first-order valence-electron chi connectivity index (χ1n) is 10.5. The van der Waals surface area contributed by atoms with Gasteiger partial charge < -0.3 is 15.1 Å². The molecule has 0 aromatic carbocycles. The molecule has 3 aliphatic rings. The molecule has 3 aliphatic heterocycles. The first kappa shape index (κ1) is 18.7. The Bertz CT molecular complexity index is 462. The predicted molar refractivity (Wildman–Crippen MR) is 99.2 cm³/mol. The van der Waals surface area contributed by atoms with Crippen LogP contribution in [-0.4, -0.2) is 59.9 Å². The first-order valence-corrected chi connectivity index (χ1v) is 10.5. The number of hydrogen-bond acceptors (Lipinski definition) is 3. The fourth-order valence-corrected chi connectivity index (χ4v) is 4.93. The van der Waals surface area contributed by atoms with Gasteiger partial charge in [-0.25, -0.2) is 0 Å². The molecule has 3 fully saturated rings. The topological polar surface area (TPSA) is 52.7 Å². The summed E-state index contributed by atoms with van der Waals surface area (Å²) in [5, 5.41) is 3.11. The molecule has 0 aromatic rings. The Kier molecular flexibility index (Phi) is 6.74. The van der Waals surface area contributed by atoms with E-state index in [9.17, 15) is 9.59 Å². The summed E-state index contributed by atoms with van der Waals surface area (Å²) in [6.07, 6.45) is 10.9. The second-order valence-corrected chi connectivity index (χ2v) is 8.09. The van der Waals surface area contributed by atoms with Gasteiger partial charge in [-0.3, -0.25) is 9.59 Å². The average molecular weight is 350 g/mol. The van der Waals surface area contributed by atoms with Crippen molar-refractivity contribution in [3.05, 3.63) is 0 Å². The van der Waals surface area contributed by atoms with E-state index >= 15 is 0 Å². The van der Waals surface area contributed by atoms with Gasteiger partial charge in [-0.2, -0.15) is 0 Å². The molecule has 5 nitrogen and oxygen atoms in total.